The maximum absolute atomic E-state index is 7.34. The van der Waals surface area contributed by atoms with Gasteiger partial charge in [-0.2, -0.15) is 0 Å². The van der Waals surface area contributed by atoms with Crippen molar-refractivity contribution < 1.29 is 18.0 Å². The number of imidazole rings is 1. The normalized spacial score (nSPS) is 21.9. The Bertz CT molecular complexity index is 1490. The van der Waals surface area contributed by atoms with Crippen molar-refractivity contribution in [2.75, 3.05) is 11.9 Å². The fourth-order valence-electron chi connectivity index (χ4n) is 4.82. The molecule has 1 aliphatic rings. The zero-order chi connectivity index (χ0) is 35.2. The fraction of sp³-hybridized carbons (Fsp3) is 0.686. The third-order valence-corrected chi connectivity index (χ3v) is 24.6. The van der Waals surface area contributed by atoms with E-state index in [4.69, 9.17) is 28.0 Å². The maximum Gasteiger partial charge on any atom is 0.192 e. The second kappa shape index (κ2) is 13.4. The van der Waals surface area contributed by atoms with Gasteiger partial charge in [0.2, 0.25) is 0 Å². The summed E-state index contributed by atoms with van der Waals surface area (Å²) < 4.78 is 30.6. The summed E-state index contributed by atoms with van der Waals surface area (Å²) in [6, 6.07) is 10.3. The van der Waals surface area contributed by atoms with E-state index in [0.717, 1.165) is 5.56 Å². The fourth-order valence-corrected chi connectivity index (χ4v) is 8.44. The second-order valence-electron chi connectivity index (χ2n) is 17.7. The number of aromatic nitrogens is 4. The number of ether oxygens (including phenoxy) is 1. The van der Waals surface area contributed by atoms with E-state index in [9.17, 15) is 0 Å². The predicted molar refractivity (Wildman–Crippen MR) is 200 cm³/mol. The molecule has 3 aromatic rings. The molecule has 3 heterocycles. The molecule has 0 saturated carbocycles. The summed E-state index contributed by atoms with van der Waals surface area (Å²) in [6.45, 7) is 35.3. The highest BCUT2D eigenvalue weighted by Gasteiger charge is 2.55. The van der Waals surface area contributed by atoms with Gasteiger partial charge in [-0.15, -0.1) is 0 Å². The summed E-state index contributed by atoms with van der Waals surface area (Å²) in [5.74, 6) is 0.685. The van der Waals surface area contributed by atoms with Crippen LogP contribution in [0.4, 0.5) is 5.82 Å². The van der Waals surface area contributed by atoms with Crippen LogP contribution in [0.3, 0.4) is 0 Å². The molecule has 12 heteroatoms. The first-order chi connectivity index (χ1) is 21.5. The van der Waals surface area contributed by atoms with Crippen molar-refractivity contribution in [2.45, 2.75) is 148 Å². The van der Waals surface area contributed by atoms with E-state index in [1.165, 1.54) is 0 Å². The first-order valence-corrected chi connectivity index (χ1v) is 25.8. The monoisotopic (exact) mass is 699 g/mol. The molecule has 4 rings (SSSR count). The van der Waals surface area contributed by atoms with E-state index in [1.54, 1.807) is 6.33 Å². The van der Waals surface area contributed by atoms with Crippen molar-refractivity contribution in [3.05, 3.63) is 48.5 Å². The van der Waals surface area contributed by atoms with Gasteiger partial charge in [-0.05, 0) is 60.0 Å². The molecule has 1 aliphatic heterocycles. The number of nitrogens with zero attached hydrogens (tertiary/aromatic N) is 4. The Morgan fingerprint density at radius 2 is 1.30 bits per heavy atom. The molecule has 1 saturated heterocycles. The molecule has 0 aliphatic carbocycles. The maximum atomic E-state index is 7.34. The van der Waals surface area contributed by atoms with Gasteiger partial charge in [0, 0.05) is 6.54 Å². The topological polar surface area (TPSA) is 92.6 Å². The van der Waals surface area contributed by atoms with Crippen LogP contribution in [0.15, 0.2) is 43.0 Å². The Labute approximate surface area is 287 Å². The van der Waals surface area contributed by atoms with Gasteiger partial charge in [0.15, 0.2) is 48.2 Å². The highest BCUT2D eigenvalue weighted by atomic mass is 28.4. The van der Waals surface area contributed by atoms with E-state index in [2.05, 4.69) is 124 Å². The molecule has 47 heavy (non-hydrogen) atoms. The highest BCUT2D eigenvalue weighted by Crippen LogP contribution is 2.47. The third-order valence-electron chi connectivity index (χ3n) is 11.1. The molecule has 0 bridgehead atoms. The van der Waals surface area contributed by atoms with Crippen LogP contribution in [-0.2, 0) is 24.6 Å². The molecule has 0 amide bonds. The van der Waals surface area contributed by atoms with E-state index >= 15 is 0 Å². The Hall–Kier alpha value is -1.94. The summed E-state index contributed by atoms with van der Waals surface area (Å²) in [5.41, 5.74) is 2.55. The van der Waals surface area contributed by atoms with Gasteiger partial charge in [-0.25, -0.2) is 15.0 Å². The molecule has 1 aromatic carbocycles. The lowest BCUT2D eigenvalue weighted by Crippen LogP contribution is -2.54. The number of hydrogen-bond donors (Lipinski definition) is 1. The molecule has 1 fully saturated rings. The molecule has 0 radical (unpaired) electrons. The van der Waals surface area contributed by atoms with Crippen LogP contribution in [0.25, 0.3) is 11.2 Å². The van der Waals surface area contributed by atoms with Gasteiger partial charge in [-0.1, -0.05) is 92.6 Å². The quantitative estimate of drug-likeness (QED) is 0.198. The van der Waals surface area contributed by atoms with Gasteiger partial charge in [0.05, 0.1) is 12.9 Å². The largest absolute Gasteiger partial charge is 0.414 e. The van der Waals surface area contributed by atoms with E-state index < -0.39 is 31.2 Å². The Balaban J connectivity index is 1.79. The summed E-state index contributed by atoms with van der Waals surface area (Å²) in [7, 11) is -6.62. The highest BCUT2D eigenvalue weighted by molar-refractivity contribution is 6.75. The smallest absolute Gasteiger partial charge is 0.192 e. The zero-order valence-corrected chi connectivity index (χ0v) is 34.7. The van der Waals surface area contributed by atoms with E-state index in [-0.39, 0.29) is 33.4 Å². The minimum Gasteiger partial charge on any atom is -0.414 e. The summed E-state index contributed by atoms with van der Waals surface area (Å²) in [6.07, 6.45) is 1.87. The number of hydrogen-bond acceptors (Lipinski definition) is 8. The molecule has 4 atom stereocenters. The molecule has 2 unspecified atom stereocenters. The SMILES string of the molecule is CC(C)(C)[Si](C)(C)OC[C@H]1O[C@@H](n2cnc3c(NCc4ccccc4)ncnc32)C(O[Si](C)(C)C(C)(C)C)C1O[Si](C)(C)C(C)(C)C. The number of benzene rings is 1. The zero-order valence-electron chi connectivity index (χ0n) is 31.7. The van der Waals surface area contributed by atoms with Crippen molar-refractivity contribution >= 4 is 41.9 Å². The lowest BCUT2D eigenvalue weighted by Gasteiger charge is -2.44. The lowest BCUT2D eigenvalue weighted by atomic mass is 10.1. The van der Waals surface area contributed by atoms with Crippen LogP contribution in [0.1, 0.15) is 74.1 Å². The van der Waals surface area contributed by atoms with Gasteiger partial charge >= 0.3 is 0 Å². The molecule has 1 N–H and O–H groups in total. The van der Waals surface area contributed by atoms with Gasteiger partial charge in [0.1, 0.15) is 24.6 Å². The van der Waals surface area contributed by atoms with Crippen molar-refractivity contribution in [3.63, 3.8) is 0 Å². The predicted octanol–water partition coefficient (Wildman–Crippen LogP) is 9.14. The standard InChI is InChI=1S/C35H61N5O4Si3/c1-33(2,3)45(10,11)41-22-26-28(43-46(12,13)34(4,5)6)29(44-47(14,15)35(7,8)9)32(42-26)40-24-39-27-30(37-23-38-31(27)40)36-21-25-19-17-16-18-20-25/h16-20,23-24,26,28-29,32H,21-22H2,1-15H3,(H,36,37,38)/t26-,28?,29?,32-/m1/s1. The first-order valence-electron chi connectivity index (χ1n) is 17.1. The number of nitrogens with one attached hydrogen (secondary N) is 1. The van der Waals surface area contributed by atoms with Crippen LogP contribution in [-0.4, -0.2) is 69.4 Å². The minimum atomic E-state index is -2.29. The Morgan fingerprint density at radius 1 is 0.745 bits per heavy atom. The average molecular weight is 700 g/mol. The third kappa shape index (κ3) is 8.27. The summed E-state index contributed by atoms with van der Waals surface area (Å²) in [4.78, 5) is 14.1. The minimum absolute atomic E-state index is 0.00565. The van der Waals surface area contributed by atoms with Crippen molar-refractivity contribution in [1.29, 1.82) is 0 Å². The molecule has 0 spiro atoms. The van der Waals surface area contributed by atoms with Gasteiger partial charge in [0.25, 0.3) is 0 Å². The van der Waals surface area contributed by atoms with E-state index in [1.807, 2.05) is 29.1 Å². The summed E-state index contributed by atoms with van der Waals surface area (Å²) in [5, 5.41) is 3.53. The number of fused-ring (bicyclic) bond motifs is 1. The first kappa shape index (κ1) is 37.9. The van der Waals surface area contributed by atoms with Crippen molar-refractivity contribution in [3.8, 4) is 0 Å². The van der Waals surface area contributed by atoms with E-state index in [0.29, 0.717) is 30.1 Å². The van der Waals surface area contributed by atoms with Crippen LogP contribution < -0.4 is 5.32 Å². The lowest BCUT2D eigenvalue weighted by molar-refractivity contribution is -0.0470. The van der Waals surface area contributed by atoms with Crippen LogP contribution in [0.2, 0.25) is 54.4 Å². The van der Waals surface area contributed by atoms with Crippen molar-refractivity contribution in [2.24, 2.45) is 0 Å². The average Bonchev–Trinajstić information content (AvgIpc) is 3.50. The number of anilines is 1. The molecular formula is C35H61N5O4Si3. The summed E-state index contributed by atoms with van der Waals surface area (Å²) >= 11 is 0. The molecule has 2 aromatic heterocycles. The molecular weight excluding hydrogens is 639 g/mol. The molecule has 262 valence electrons. The van der Waals surface area contributed by atoms with Crippen molar-refractivity contribution in [1.82, 2.24) is 19.5 Å². The van der Waals surface area contributed by atoms with Crippen LogP contribution >= 0.6 is 0 Å². The van der Waals surface area contributed by atoms with Gasteiger partial charge < -0.3 is 23.3 Å². The van der Waals surface area contributed by atoms with Crippen LogP contribution in [0.5, 0.6) is 0 Å². The second-order valence-corrected chi connectivity index (χ2v) is 32.0. The molecule has 9 nitrogen and oxygen atoms in total. The Morgan fingerprint density at radius 3 is 1.85 bits per heavy atom. The van der Waals surface area contributed by atoms with Gasteiger partial charge in [-0.3, -0.25) is 4.57 Å². The van der Waals surface area contributed by atoms with Crippen LogP contribution in [0, 0.1) is 0 Å². The number of rotatable bonds is 11. The Kier molecular flexibility index (Phi) is 10.8.